The van der Waals surface area contributed by atoms with E-state index in [4.69, 9.17) is 25.9 Å². The van der Waals surface area contributed by atoms with Gasteiger partial charge in [0.15, 0.2) is 11.0 Å². The van der Waals surface area contributed by atoms with Gasteiger partial charge in [-0.2, -0.15) is 13.2 Å². The smallest absolute Gasteiger partial charge is 0.416 e. The quantitative estimate of drug-likeness (QED) is 0.399. The van der Waals surface area contributed by atoms with Gasteiger partial charge in [0.05, 0.1) is 34.6 Å². The maximum Gasteiger partial charge on any atom is 0.416 e. The summed E-state index contributed by atoms with van der Waals surface area (Å²) in [5.41, 5.74) is -0.995. The molecule has 2 aromatic carbocycles. The second-order valence-electron chi connectivity index (χ2n) is 7.46. The van der Waals surface area contributed by atoms with Crippen molar-refractivity contribution in [2.75, 3.05) is 13.2 Å². The Kier molecular flexibility index (Phi) is 7.65. The summed E-state index contributed by atoms with van der Waals surface area (Å²) in [6.07, 6.45) is -4.23. The number of hydrogen-bond donors (Lipinski definition) is 2. The molecule has 176 valence electrons. The van der Waals surface area contributed by atoms with E-state index in [0.717, 1.165) is 12.1 Å². The molecule has 0 amide bonds. The van der Waals surface area contributed by atoms with E-state index in [9.17, 15) is 22.8 Å². The minimum Gasteiger partial charge on any atom is -0.493 e. The number of carboxylic acid groups (broad SMARTS) is 1. The van der Waals surface area contributed by atoms with Gasteiger partial charge in [0.2, 0.25) is 0 Å². The number of halogens is 4. The standard InChI is InChI=1S/C23H21ClF3NO5/c1-13(10-21(30)31)28-8-3-9-32-19-11-14(23(25,26)27)6-7-16(19)20-12-18(29)15-4-2-5-17(24)22(15)33-20/h2,4-7,11-13,28H,3,8-10H2,1H3,(H,30,31). The fraction of sp³-hybridized carbons (Fsp3) is 0.304. The second kappa shape index (κ2) is 10.3. The molecule has 10 heteroatoms. The largest absolute Gasteiger partial charge is 0.493 e. The molecule has 0 saturated heterocycles. The van der Waals surface area contributed by atoms with Crippen LogP contribution in [0, 0.1) is 0 Å². The molecule has 0 bridgehead atoms. The maximum atomic E-state index is 13.3. The van der Waals surface area contributed by atoms with Crippen LogP contribution in [0.3, 0.4) is 0 Å². The van der Waals surface area contributed by atoms with E-state index in [-0.39, 0.29) is 52.1 Å². The van der Waals surface area contributed by atoms with Crippen LogP contribution in [-0.4, -0.2) is 30.3 Å². The molecule has 0 aliphatic heterocycles. The van der Waals surface area contributed by atoms with Gasteiger partial charge in [-0.25, -0.2) is 0 Å². The molecule has 0 saturated carbocycles. The molecule has 0 spiro atoms. The lowest BCUT2D eigenvalue weighted by molar-refractivity contribution is -0.138. The Balaban J connectivity index is 1.86. The van der Waals surface area contributed by atoms with Gasteiger partial charge in [0.1, 0.15) is 11.5 Å². The highest BCUT2D eigenvalue weighted by Gasteiger charge is 2.31. The molecule has 0 aliphatic rings. The average molecular weight is 484 g/mol. The number of carboxylic acids is 1. The van der Waals surface area contributed by atoms with Crippen molar-refractivity contribution in [1.82, 2.24) is 5.32 Å². The van der Waals surface area contributed by atoms with Gasteiger partial charge < -0.3 is 19.6 Å². The van der Waals surface area contributed by atoms with Crippen molar-refractivity contribution in [1.29, 1.82) is 0 Å². The van der Waals surface area contributed by atoms with Crippen molar-refractivity contribution < 1.29 is 32.2 Å². The van der Waals surface area contributed by atoms with Crippen LogP contribution in [0.25, 0.3) is 22.3 Å². The Morgan fingerprint density at radius 1 is 1.24 bits per heavy atom. The van der Waals surface area contributed by atoms with E-state index in [1.54, 1.807) is 25.1 Å². The van der Waals surface area contributed by atoms with Gasteiger partial charge in [-0.05, 0) is 50.2 Å². The highest BCUT2D eigenvalue weighted by molar-refractivity contribution is 6.34. The molecule has 0 fully saturated rings. The summed E-state index contributed by atoms with van der Waals surface area (Å²) in [5.74, 6) is -1.01. The third-order valence-corrected chi connectivity index (χ3v) is 5.13. The minimum absolute atomic E-state index is 0.0255. The average Bonchev–Trinajstić information content (AvgIpc) is 2.73. The summed E-state index contributed by atoms with van der Waals surface area (Å²) in [6.45, 7) is 2.18. The molecule has 2 N–H and O–H groups in total. The molecule has 0 radical (unpaired) electrons. The van der Waals surface area contributed by atoms with Crippen molar-refractivity contribution >= 4 is 28.5 Å². The number of carbonyl (C=O) groups is 1. The third kappa shape index (κ3) is 6.27. The highest BCUT2D eigenvalue weighted by Crippen LogP contribution is 2.38. The van der Waals surface area contributed by atoms with Crippen LogP contribution >= 0.6 is 11.6 Å². The van der Waals surface area contributed by atoms with Crippen molar-refractivity contribution in [2.45, 2.75) is 32.0 Å². The summed E-state index contributed by atoms with van der Waals surface area (Å²) in [6, 6.07) is 8.52. The molecular weight excluding hydrogens is 463 g/mol. The molecule has 6 nitrogen and oxygen atoms in total. The van der Waals surface area contributed by atoms with Crippen LogP contribution in [-0.2, 0) is 11.0 Å². The normalized spacial score (nSPS) is 12.6. The van der Waals surface area contributed by atoms with Crippen LogP contribution in [0.4, 0.5) is 13.2 Å². The summed E-state index contributed by atoms with van der Waals surface area (Å²) in [4.78, 5) is 23.2. The summed E-state index contributed by atoms with van der Waals surface area (Å²) >= 11 is 6.13. The number of aliphatic carboxylic acids is 1. The minimum atomic E-state index is -4.59. The van der Waals surface area contributed by atoms with Crippen LogP contribution in [0.1, 0.15) is 25.3 Å². The Bertz CT molecular complexity index is 1210. The van der Waals surface area contributed by atoms with Crippen molar-refractivity contribution in [3.8, 4) is 17.1 Å². The van der Waals surface area contributed by atoms with Crippen LogP contribution < -0.4 is 15.5 Å². The number of ether oxygens (including phenoxy) is 1. The predicted molar refractivity (Wildman–Crippen MR) is 118 cm³/mol. The van der Waals surface area contributed by atoms with Gasteiger partial charge in [0.25, 0.3) is 0 Å². The molecule has 3 rings (SSSR count). The molecule has 3 aromatic rings. The number of nitrogens with one attached hydrogen (secondary N) is 1. The number of rotatable bonds is 9. The molecule has 0 aliphatic carbocycles. The lowest BCUT2D eigenvalue weighted by Gasteiger charge is -2.15. The van der Waals surface area contributed by atoms with E-state index >= 15 is 0 Å². The zero-order valence-electron chi connectivity index (χ0n) is 17.5. The number of fused-ring (bicyclic) bond motifs is 1. The molecule has 1 unspecified atom stereocenters. The monoisotopic (exact) mass is 483 g/mol. The van der Waals surface area contributed by atoms with E-state index in [1.165, 1.54) is 12.1 Å². The summed E-state index contributed by atoms with van der Waals surface area (Å²) in [5, 5.41) is 12.2. The lowest BCUT2D eigenvalue weighted by Crippen LogP contribution is -2.30. The van der Waals surface area contributed by atoms with Crippen LogP contribution in [0.2, 0.25) is 5.02 Å². The first-order chi connectivity index (χ1) is 15.6. The zero-order valence-corrected chi connectivity index (χ0v) is 18.3. The van der Waals surface area contributed by atoms with E-state index < -0.39 is 23.1 Å². The Morgan fingerprint density at radius 3 is 2.70 bits per heavy atom. The maximum absolute atomic E-state index is 13.3. The van der Waals surface area contributed by atoms with Gasteiger partial charge in [-0.3, -0.25) is 9.59 Å². The molecule has 1 atom stereocenters. The molecule has 1 aromatic heterocycles. The first-order valence-corrected chi connectivity index (χ1v) is 10.5. The van der Waals surface area contributed by atoms with Gasteiger partial charge in [-0.1, -0.05) is 17.7 Å². The van der Waals surface area contributed by atoms with Crippen molar-refractivity contribution in [3.05, 3.63) is 63.3 Å². The van der Waals surface area contributed by atoms with Crippen LogP contribution in [0.15, 0.2) is 51.7 Å². The number of hydrogen-bond acceptors (Lipinski definition) is 5. The van der Waals surface area contributed by atoms with E-state index in [2.05, 4.69) is 5.32 Å². The van der Waals surface area contributed by atoms with E-state index in [1.807, 2.05) is 0 Å². The topological polar surface area (TPSA) is 88.8 Å². The number of alkyl halides is 3. The van der Waals surface area contributed by atoms with E-state index in [0.29, 0.717) is 13.0 Å². The fourth-order valence-electron chi connectivity index (χ4n) is 3.23. The van der Waals surface area contributed by atoms with Gasteiger partial charge >= 0.3 is 12.1 Å². The van der Waals surface area contributed by atoms with Gasteiger partial charge in [0, 0.05) is 12.1 Å². The highest BCUT2D eigenvalue weighted by atomic mass is 35.5. The first kappa shape index (κ1) is 24.6. The Labute approximate surface area is 191 Å². The zero-order chi connectivity index (χ0) is 24.2. The molecule has 33 heavy (non-hydrogen) atoms. The molecular formula is C23H21ClF3NO5. The van der Waals surface area contributed by atoms with Crippen molar-refractivity contribution in [3.63, 3.8) is 0 Å². The summed E-state index contributed by atoms with van der Waals surface area (Å²) in [7, 11) is 0. The third-order valence-electron chi connectivity index (χ3n) is 4.83. The lowest BCUT2D eigenvalue weighted by atomic mass is 10.1. The SMILES string of the molecule is CC(CC(=O)O)NCCCOc1cc(C(F)(F)F)ccc1-c1cc(=O)c2cccc(Cl)c2o1. The Morgan fingerprint density at radius 2 is 2.00 bits per heavy atom. The Hall–Kier alpha value is -3.04. The second-order valence-corrected chi connectivity index (χ2v) is 7.86. The predicted octanol–water partition coefficient (Wildman–Crippen LogP) is 5.35. The number of para-hydroxylation sites is 1. The van der Waals surface area contributed by atoms with Gasteiger partial charge in [-0.15, -0.1) is 0 Å². The number of benzene rings is 2. The summed E-state index contributed by atoms with van der Waals surface area (Å²) < 4.78 is 51.2. The van der Waals surface area contributed by atoms with Crippen LogP contribution in [0.5, 0.6) is 5.75 Å². The van der Waals surface area contributed by atoms with Crippen molar-refractivity contribution in [2.24, 2.45) is 0 Å². The molecule has 1 heterocycles. The first-order valence-electron chi connectivity index (χ1n) is 10.1. The fourth-order valence-corrected chi connectivity index (χ4v) is 3.45.